The van der Waals surface area contributed by atoms with E-state index < -0.39 is 0 Å². The lowest BCUT2D eigenvalue weighted by Gasteiger charge is -2.28. The summed E-state index contributed by atoms with van der Waals surface area (Å²) in [5.41, 5.74) is 1.99. The third kappa shape index (κ3) is 5.44. The Morgan fingerprint density at radius 1 is 1.24 bits per heavy atom. The van der Waals surface area contributed by atoms with Crippen LogP contribution >= 0.6 is 22.9 Å². The maximum atomic E-state index is 12.2. The molecule has 1 saturated heterocycles. The van der Waals surface area contributed by atoms with Gasteiger partial charge in [-0.15, -0.1) is 11.3 Å². The Balaban J connectivity index is 1.48. The van der Waals surface area contributed by atoms with Crippen molar-refractivity contribution in [3.05, 3.63) is 45.6 Å². The van der Waals surface area contributed by atoms with Crippen LogP contribution in [0.2, 0.25) is 4.34 Å². The fraction of sp³-hybridized carbons (Fsp3) is 0.389. The van der Waals surface area contributed by atoms with E-state index in [9.17, 15) is 4.79 Å². The first-order valence-corrected chi connectivity index (χ1v) is 9.58. The first kappa shape index (κ1) is 18.2. The molecule has 1 fully saturated rings. The van der Waals surface area contributed by atoms with Crippen molar-refractivity contribution in [1.82, 2.24) is 0 Å². The van der Waals surface area contributed by atoms with Gasteiger partial charge in [0.15, 0.2) is 6.54 Å². The number of hydrogen-bond acceptors (Lipinski definition) is 4. The second kappa shape index (κ2) is 8.67. The number of likely N-dealkylation sites (N-methyl/N-ethyl adjacent to an activating group) is 1. The van der Waals surface area contributed by atoms with Gasteiger partial charge >= 0.3 is 0 Å². The van der Waals surface area contributed by atoms with Crippen molar-refractivity contribution in [2.75, 3.05) is 50.1 Å². The smallest absolute Gasteiger partial charge is 0.279 e. The van der Waals surface area contributed by atoms with Gasteiger partial charge < -0.3 is 19.9 Å². The number of quaternary nitrogens is 1. The van der Waals surface area contributed by atoms with Crippen LogP contribution < -0.4 is 15.1 Å². The third-order valence-electron chi connectivity index (χ3n) is 4.09. The number of nitrogens with one attached hydrogen (secondary N) is 2. The van der Waals surface area contributed by atoms with Gasteiger partial charge in [-0.1, -0.05) is 11.6 Å². The average Bonchev–Trinajstić information content (AvgIpc) is 3.01. The lowest BCUT2D eigenvalue weighted by atomic mass is 10.2. The zero-order chi connectivity index (χ0) is 17.6. The minimum absolute atomic E-state index is 0.0132. The van der Waals surface area contributed by atoms with E-state index >= 15 is 0 Å². The van der Waals surface area contributed by atoms with Gasteiger partial charge in [-0.05, 0) is 36.4 Å². The summed E-state index contributed by atoms with van der Waals surface area (Å²) in [5.74, 6) is 0.0132. The molecule has 2 heterocycles. The number of carbonyl (C=O) groups is 1. The maximum absolute atomic E-state index is 12.2. The summed E-state index contributed by atoms with van der Waals surface area (Å²) in [6, 6.07) is 11.9. The molecule has 0 radical (unpaired) electrons. The van der Waals surface area contributed by atoms with Gasteiger partial charge in [-0.25, -0.2) is 0 Å². The Hall–Kier alpha value is -1.60. The number of halogens is 1. The first-order valence-electron chi connectivity index (χ1n) is 8.38. The summed E-state index contributed by atoms with van der Waals surface area (Å²) in [6.07, 6.45) is 0. The van der Waals surface area contributed by atoms with Gasteiger partial charge in [0.2, 0.25) is 0 Å². The summed E-state index contributed by atoms with van der Waals surface area (Å²) in [7, 11) is 2.01. The van der Waals surface area contributed by atoms with Crippen molar-refractivity contribution in [3.63, 3.8) is 0 Å². The molecule has 0 saturated carbocycles. The number of ether oxygens (including phenoxy) is 1. The summed E-state index contributed by atoms with van der Waals surface area (Å²) in [4.78, 5) is 16.8. The molecule has 3 rings (SSSR count). The van der Waals surface area contributed by atoms with Crippen LogP contribution in [-0.2, 0) is 16.1 Å². The maximum Gasteiger partial charge on any atom is 0.279 e. The molecule has 1 amide bonds. The van der Waals surface area contributed by atoms with Crippen LogP contribution in [0.3, 0.4) is 0 Å². The largest absolute Gasteiger partial charge is 0.378 e. The van der Waals surface area contributed by atoms with Crippen LogP contribution in [0, 0.1) is 0 Å². The van der Waals surface area contributed by atoms with Gasteiger partial charge in [-0.3, -0.25) is 4.79 Å². The van der Waals surface area contributed by atoms with Crippen molar-refractivity contribution in [2.24, 2.45) is 0 Å². The lowest BCUT2D eigenvalue weighted by Crippen LogP contribution is -3.08. The van der Waals surface area contributed by atoms with Gasteiger partial charge in [0.05, 0.1) is 29.5 Å². The second-order valence-corrected chi connectivity index (χ2v) is 8.01. The van der Waals surface area contributed by atoms with Crippen molar-refractivity contribution < 1.29 is 14.4 Å². The Labute approximate surface area is 157 Å². The van der Waals surface area contributed by atoms with E-state index in [2.05, 4.69) is 10.2 Å². The number of morpholine rings is 1. The normalized spacial score (nSPS) is 15.8. The first-order chi connectivity index (χ1) is 12.1. The number of thiophene rings is 1. The number of carbonyl (C=O) groups excluding carboxylic acids is 1. The van der Waals surface area contributed by atoms with E-state index in [1.165, 1.54) is 10.6 Å². The standard InChI is InChI=1S/C18H22ClN3O2S/c1-21(12-16-6-7-17(19)25-16)13-18(23)20-14-2-4-15(5-3-14)22-8-10-24-11-9-22/h2-7H,8-13H2,1H3,(H,20,23)/p+1. The highest BCUT2D eigenvalue weighted by molar-refractivity contribution is 7.16. The molecule has 1 aromatic heterocycles. The van der Waals surface area contributed by atoms with Crippen LogP contribution in [0.1, 0.15) is 4.88 Å². The fourth-order valence-corrected chi connectivity index (χ4v) is 4.06. The zero-order valence-electron chi connectivity index (χ0n) is 14.3. The van der Waals surface area contributed by atoms with E-state index in [4.69, 9.17) is 16.3 Å². The molecule has 1 atom stereocenters. The molecule has 2 aromatic rings. The van der Waals surface area contributed by atoms with E-state index in [0.29, 0.717) is 6.54 Å². The van der Waals surface area contributed by atoms with Crippen molar-refractivity contribution in [2.45, 2.75) is 6.54 Å². The van der Waals surface area contributed by atoms with Crippen LogP contribution in [-0.4, -0.2) is 45.8 Å². The monoisotopic (exact) mass is 380 g/mol. The summed E-state index contributed by atoms with van der Waals surface area (Å²) in [6.45, 7) is 4.56. The summed E-state index contributed by atoms with van der Waals surface area (Å²) in [5, 5.41) is 2.97. The molecule has 1 unspecified atom stereocenters. The highest BCUT2D eigenvalue weighted by Crippen LogP contribution is 2.20. The minimum Gasteiger partial charge on any atom is -0.378 e. The molecule has 7 heteroatoms. The molecule has 25 heavy (non-hydrogen) atoms. The van der Waals surface area contributed by atoms with Crippen molar-refractivity contribution >= 4 is 40.2 Å². The fourth-order valence-electron chi connectivity index (χ4n) is 2.86. The Kier molecular flexibility index (Phi) is 6.31. The predicted molar refractivity (Wildman–Crippen MR) is 103 cm³/mol. The predicted octanol–water partition coefficient (Wildman–Crippen LogP) is 1.89. The molecule has 1 aliphatic rings. The van der Waals surface area contributed by atoms with Crippen LogP contribution in [0.4, 0.5) is 11.4 Å². The highest BCUT2D eigenvalue weighted by atomic mass is 35.5. The van der Waals surface area contributed by atoms with Gasteiger partial charge in [-0.2, -0.15) is 0 Å². The van der Waals surface area contributed by atoms with E-state index in [0.717, 1.165) is 47.8 Å². The van der Waals surface area contributed by atoms with Crippen LogP contribution in [0.15, 0.2) is 36.4 Å². The summed E-state index contributed by atoms with van der Waals surface area (Å²) >= 11 is 7.51. The van der Waals surface area contributed by atoms with Crippen LogP contribution in [0.5, 0.6) is 0 Å². The summed E-state index contributed by atoms with van der Waals surface area (Å²) < 4.78 is 6.16. The lowest BCUT2D eigenvalue weighted by molar-refractivity contribution is -0.884. The van der Waals surface area contributed by atoms with Gasteiger partial charge in [0.25, 0.3) is 5.91 Å². The van der Waals surface area contributed by atoms with E-state index in [1.54, 1.807) is 11.3 Å². The second-order valence-electron chi connectivity index (χ2n) is 6.21. The molecule has 5 nitrogen and oxygen atoms in total. The molecular formula is C18H23ClN3O2S+. The minimum atomic E-state index is 0.0132. The number of benzene rings is 1. The molecular weight excluding hydrogens is 358 g/mol. The van der Waals surface area contributed by atoms with Gasteiger partial charge in [0, 0.05) is 24.5 Å². The number of anilines is 2. The number of nitrogens with zero attached hydrogens (tertiary/aromatic N) is 1. The molecule has 2 N–H and O–H groups in total. The Morgan fingerprint density at radius 3 is 2.60 bits per heavy atom. The number of amides is 1. The average molecular weight is 381 g/mol. The third-order valence-corrected chi connectivity index (χ3v) is 5.33. The van der Waals surface area contributed by atoms with E-state index in [-0.39, 0.29) is 5.91 Å². The van der Waals surface area contributed by atoms with Gasteiger partial charge in [0.1, 0.15) is 6.54 Å². The van der Waals surface area contributed by atoms with Crippen molar-refractivity contribution in [3.8, 4) is 0 Å². The van der Waals surface area contributed by atoms with Crippen molar-refractivity contribution in [1.29, 1.82) is 0 Å². The molecule has 1 aliphatic heterocycles. The van der Waals surface area contributed by atoms with E-state index in [1.807, 2.05) is 43.4 Å². The molecule has 1 aromatic carbocycles. The Bertz CT molecular complexity index is 699. The number of rotatable bonds is 6. The Morgan fingerprint density at radius 2 is 1.96 bits per heavy atom. The highest BCUT2D eigenvalue weighted by Gasteiger charge is 2.13. The SMILES string of the molecule is C[NH+](CC(=O)Nc1ccc(N2CCOCC2)cc1)Cc1ccc(Cl)s1. The molecule has 0 spiro atoms. The topological polar surface area (TPSA) is 46.0 Å². The number of hydrogen-bond donors (Lipinski definition) is 2. The molecule has 134 valence electrons. The molecule has 0 bridgehead atoms. The molecule has 0 aliphatic carbocycles. The van der Waals surface area contributed by atoms with Crippen LogP contribution in [0.25, 0.3) is 0 Å². The zero-order valence-corrected chi connectivity index (χ0v) is 15.8. The quantitative estimate of drug-likeness (QED) is 0.804.